The number of nitrogens with zero attached hydrogens (tertiary/aromatic N) is 1. The Balaban J connectivity index is 3.15. The number of carboxylic acid groups (broad SMARTS) is 1. The van der Waals surface area contributed by atoms with Crippen LogP contribution in [0.2, 0.25) is 0 Å². The molecule has 0 amide bonds. The van der Waals surface area contributed by atoms with Gasteiger partial charge in [0, 0.05) is 12.1 Å². The Bertz CT molecular complexity index is 298. The summed E-state index contributed by atoms with van der Waals surface area (Å²) in [5.74, 6) is -0.930. The van der Waals surface area contributed by atoms with Gasteiger partial charge < -0.3 is 5.11 Å². The Morgan fingerprint density at radius 3 is 2.82 bits per heavy atom. The smallest absolute Gasteiger partial charge is 0.336 e. The van der Waals surface area contributed by atoms with Crippen molar-refractivity contribution in [2.24, 2.45) is 7.05 Å². The predicted octanol–water partition coefficient (Wildman–Crippen LogP) is 0.498. The van der Waals surface area contributed by atoms with E-state index in [0.29, 0.717) is 5.03 Å². The molecule has 0 saturated carbocycles. The number of hydrogen-bond donors (Lipinski definition) is 2. The average Bonchev–Trinajstić information content (AvgIpc) is 1.94. The van der Waals surface area contributed by atoms with E-state index in [2.05, 4.69) is 12.6 Å². The molecule has 1 N–H and O–H groups in total. The molecule has 0 fully saturated rings. The molecule has 1 aromatic rings. The SMILES string of the molecule is C[n+]1ccc(C(=O)O)cc1S. The van der Waals surface area contributed by atoms with Gasteiger partial charge in [-0.25, -0.2) is 4.79 Å². The minimum atomic E-state index is -0.930. The normalized spacial score (nSPS) is 9.64. The highest BCUT2D eigenvalue weighted by molar-refractivity contribution is 7.80. The second-order valence-corrected chi connectivity index (χ2v) is 2.65. The molecular formula is C7H8NO2S+. The Hall–Kier alpha value is -1.03. The van der Waals surface area contributed by atoms with Crippen molar-refractivity contribution in [1.82, 2.24) is 0 Å². The zero-order chi connectivity index (χ0) is 8.43. The van der Waals surface area contributed by atoms with E-state index >= 15 is 0 Å². The largest absolute Gasteiger partial charge is 0.478 e. The molecule has 0 aliphatic heterocycles. The first kappa shape index (κ1) is 8.07. The van der Waals surface area contributed by atoms with E-state index in [9.17, 15) is 4.79 Å². The molecule has 0 atom stereocenters. The molecule has 11 heavy (non-hydrogen) atoms. The third-order valence-corrected chi connectivity index (χ3v) is 1.82. The van der Waals surface area contributed by atoms with E-state index in [1.54, 1.807) is 17.8 Å². The number of aryl methyl sites for hydroxylation is 1. The molecule has 58 valence electrons. The van der Waals surface area contributed by atoms with E-state index in [4.69, 9.17) is 5.11 Å². The zero-order valence-corrected chi connectivity index (χ0v) is 6.88. The van der Waals surface area contributed by atoms with Gasteiger partial charge in [0.15, 0.2) is 6.20 Å². The lowest BCUT2D eigenvalue weighted by molar-refractivity contribution is -0.708. The first-order valence-corrected chi connectivity index (χ1v) is 3.48. The van der Waals surface area contributed by atoms with Gasteiger partial charge in [-0.3, -0.25) is 0 Å². The molecule has 1 aromatic heterocycles. The number of thiol groups is 1. The second kappa shape index (κ2) is 2.92. The molecule has 4 heteroatoms. The number of aromatic carboxylic acids is 1. The van der Waals surface area contributed by atoms with E-state index in [1.165, 1.54) is 12.1 Å². The van der Waals surface area contributed by atoms with Crippen molar-refractivity contribution >= 4 is 18.6 Å². The van der Waals surface area contributed by atoms with Crippen LogP contribution in [-0.4, -0.2) is 11.1 Å². The molecule has 0 saturated heterocycles. The first-order valence-electron chi connectivity index (χ1n) is 3.03. The second-order valence-electron chi connectivity index (χ2n) is 2.19. The number of aromatic nitrogens is 1. The zero-order valence-electron chi connectivity index (χ0n) is 5.98. The summed E-state index contributed by atoms with van der Waals surface area (Å²) in [6.45, 7) is 0. The van der Waals surface area contributed by atoms with Crippen molar-refractivity contribution in [1.29, 1.82) is 0 Å². The van der Waals surface area contributed by atoms with E-state index < -0.39 is 5.97 Å². The van der Waals surface area contributed by atoms with E-state index in [0.717, 1.165) is 0 Å². The van der Waals surface area contributed by atoms with Crippen LogP contribution in [0.4, 0.5) is 0 Å². The van der Waals surface area contributed by atoms with Gasteiger partial charge in [-0.15, -0.1) is 0 Å². The molecule has 1 heterocycles. The maximum absolute atomic E-state index is 10.4. The maximum Gasteiger partial charge on any atom is 0.336 e. The molecule has 0 aliphatic carbocycles. The summed E-state index contributed by atoms with van der Waals surface area (Å²) in [7, 11) is 1.80. The van der Waals surface area contributed by atoms with Crippen molar-refractivity contribution in [3.63, 3.8) is 0 Å². The minimum absolute atomic E-state index is 0.258. The molecule has 0 spiro atoms. The third-order valence-electron chi connectivity index (χ3n) is 1.37. The molecule has 0 aromatic carbocycles. The summed E-state index contributed by atoms with van der Waals surface area (Å²) in [5.41, 5.74) is 0.258. The average molecular weight is 170 g/mol. The molecule has 0 radical (unpaired) electrons. The number of carboxylic acids is 1. The predicted molar refractivity (Wildman–Crippen MR) is 41.8 cm³/mol. The molecular weight excluding hydrogens is 162 g/mol. The summed E-state index contributed by atoms with van der Waals surface area (Å²) in [6.07, 6.45) is 1.66. The van der Waals surface area contributed by atoms with Gasteiger partial charge in [-0.05, 0) is 0 Å². The van der Waals surface area contributed by atoms with Crippen molar-refractivity contribution in [3.8, 4) is 0 Å². The number of pyridine rings is 1. The topological polar surface area (TPSA) is 41.2 Å². The highest BCUT2D eigenvalue weighted by Crippen LogP contribution is 2.02. The van der Waals surface area contributed by atoms with Crippen LogP contribution in [0.15, 0.2) is 23.4 Å². The van der Waals surface area contributed by atoms with Crippen LogP contribution in [0, 0.1) is 0 Å². The van der Waals surface area contributed by atoms with E-state index in [1.807, 2.05) is 0 Å². The van der Waals surface area contributed by atoms with Gasteiger partial charge >= 0.3 is 5.97 Å². The number of rotatable bonds is 1. The summed E-state index contributed by atoms with van der Waals surface area (Å²) >= 11 is 4.06. The standard InChI is InChI=1S/C7H7NO2S/c1-8-3-2-5(7(9)10)4-6(8)11/h2-4H,1H3,(H,9,10)/p+1. The van der Waals surface area contributed by atoms with Crippen molar-refractivity contribution in [2.75, 3.05) is 0 Å². The van der Waals surface area contributed by atoms with Gasteiger partial charge in [0.1, 0.15) is 7.05 Å². The number of carbonyl (C=O) groups is 1. The van der Waals surface area contributed by atoms with Crippen LogP contribution in [0.3, 0.4) is 0 Å². The Labute approximate surface area is 69.7 Å². The molecule has 0 aliphatic rings. The quantitative estimate of drug-likeness (QED) is 0.476. The monoisotopic (exact) mass is 170 g/mol. The Morgan fingerprint density at radius 1 is 1.73 bits per heavy atom. The van der Waals surface area contributed by atoms with Gasteiger partial charge in [0.25, 0.3) is 0 Å². The van der Waals surface area contributed by atoms with Crippen LogP contribution in [0.5, 0.6) is 0 Å². The molecule has 3 nitrogen and oxygen atoms in total. The van der Waals surface area contributed by atoms with Crippen molar-refractivity contribution in [3.05, 3.63) is 23.9 Å². The fourth-order valence-corrected chi connectivity index (χ4v) is 0.896. The highest BCUT2D eigenvalue weighted by atomic mass is 32.1. The van der Waals surface area contributed by atoms with Gasteiger partial charge in [0.05, 0.1) is 5.56 Å². The Kier molecular flexibility index (Phi) is 2.14. The van der Waals surface area contributed by atoms with E-state index in [-0.39, 0.29) is 5.56 Å². The summed E-state index contributed by atoms with van der Waals surface area (Å²) in [6, 6.07) is 3.04. The summed E-state index contributed by atoms with van der Waals surface area (Å²) in [4.78, 5) is 10.4. The van der Waals surface area contributed by atoms with Crippen LogP contribution < -0.4 is 4.57 Å². The van der Waals surface area contributed by atoms with Gasteiger partial charge in [-0.1, -0.05) is 12.6 Å². The maximum atomic E-state index is 10.4. The highest BCUT2D eigenvalue weighted by Gasteiger charge is 2.07. The van der Waals surface area contributed by atoms with Crippen LogP contribution in [0.25, 0.3) is 0 Å². The lowest BCUT2D eigenvalue weighted by Gasteiger charge is -1.93. The Morgan fingerprint density at radius 2 is 2.36 bits per heavy atom. The third kappa shape index (κ3) is 1.71. The van der Waals surface area contributed by atoms with Crippen LogP contribution >= 0.6 is 12.6 Å². The molecule has 0 bridgehead atoms. The van der Waals surface area contributed by atoms with Crippen LogP contribution in [-0.2, 0) is 7.05 Å². The van der Waals surface area contributed by atoms with Gasteiger partial charge in [-0.2, -0.15) is 4.57 Å². The van der Waals surface area contributed by atoms with Crippen molar-refractivity contribution < 1.29 is 14.5 Å². The number of hydrogen-bond acceptors (Lipinski definition) is 2. The molecule has 1 rings (SSSR count). The van der Waals surface area contributed by atoms with Crippen LogP contribution in [0.1, 0.15) is 10.4 Å². The minimum Gasteiger partial charge on any atom is -0.478 e. The van der Waals surface area contributed by atoms with Gasteiger partial charge in [0.2, 0.25) is 5.03 Å². The molecule has 0 unspecified atom stereocenters. The lowest BCUT2D eigenvalue weighted by atomic mass is 10.3. The fourth-order valence-electron chi connectivity index (χ4n) is 0.691. The first-order chi connectivity index (χ1) is 5.11. The lowest BCUT2D eigenvalue weighted by Crippen LogP contribution is -2.29. The summed E-state index contributed by atoms with van der Waals surface area (Å²) < 4.78 is 1.73. The fraction of sp³-hybridized carbons (Fsp3) is 0.143. The van der Waals surface area contributed by atoms with Crippen molar-refractivity contribution in [2.45, 2.75) is 5.03 Å². The summed E-state index contributed by atoms with van der Waals surface area (Å²) in [5, 5.41) is 9.19.